The molecule has 39 heavy (non-hydrogen) atoms. The number of benzene rings is 4. The summed E-state index contributed by atoms with van der Waals surface area (Å²) in [4.78, 5) is 31.5. The van der Waals surface area contributed by atoms with Crippen LogP contribution in [0, 0.1) is 0 Å². The Morgan fingerprint density at radius 2 is 1.67 bits per heavy atom. The minimum absolute atomic E-state index is 0.00540. The van der Waals surface area contributed by atoms with E-state index in [0.29, 0.717) is 5.56 Å². The molecule has 2 aliphatic heterocycles. The van der Waals surface area contributed by atoms with Crippen molar-refractivity contribution in [3.05, 3.63) is 108 Å². The van der Waals surface area contributed by atoms with Gasteiger partial charge in [0.05, 0.1) is 0 Å². The molecule has 0 saturated carbocycles. The number of imidazole rings is 1. The Hall–Kier alpha value is -4.45. The van der Waals surface area contributed by atoms with Gasteiger partial charge in [-0.25, -0.2) is 9.13 Å². The lowest BCUT2D eigenvalue weighted by Crippen LogP contribution is -2.50. The number of hydrogen-bond donors (Lipinski definition) is 0. The number of carbonyl (C=O) groups excluding carboxylic acids is 2. The molecule has 2 unspecified atom stereocenters. The van der Waals surface area contributed by atoms with Crippen LogP contribution in [0.2, 0.25) is 0 Å². The minimum Gasteiger partial charge on any atom is -0.353 e. The summed E-state index contributed by atoms with van der Waals surface area (Å²) in [5.41, 5.74) is 5.03. The molecular weight excluding hydrogens is 484 g/mol. The second-order valence-electron chi connectivity index (χ2n) is 11.1. The normalized spacial score (nSPS) is 20.0. The van der Waals surface area contributed by atoms with Gasteiger partial charge in [-0.1, -0.05) is 73.7 Å². The van der Waals surface area contributed by atoms with Gasteiger partial charge < -0.3 is 9.80 Å². The number of ketones is 1. The SMILES string of the molecule is CN1c2ccccc2C2(C)CCN(C(=O)Cn3c[n+](CC(=O)c4ccc5ccccc5c4)c4ccccc43)C12. The van der Waals surface area contributed by atoms with E-state index >= 15 is 0 Å². The number of amides is 1. The van der Waals surface area contributed by atoms with Gasteiger partial charge in [0, 0.05) is 30.3 Å². The van der Waals surface area contributed by atoms with Crippen molar-refractivity contribution in [1.29, 1.82) is 0 Å². The van der Waals surface area contributed by atoms with E-state index in [0.717, 1.165) is 34.8 Å². The van der Waals surface area contributed by atoms with Crippen LogP contribution in [0.15, 0.2) is 97.3 Å². The Morgan fingerprint density at radius 3 is 2.54 bits per heavy atom. The molecule has 0 radical (unpaired) electrons. The third-order valence-corrected chi connectivity index (χ3v) is 8.79. The highest BCUT2D eigenvalue weighted by Gasteiger charge is 2.54. The van der Waals surface area contributed by atoms with Crippen molar-refractivity contribution >= 4 is 39.2 Å². The van der Waals surface area contributed by atoms with Crippen LogP contribution in [0.4, 0.5) is 5.69 Å². The van der Waals surface area contributed by atoms with Crippen molar-refractivity contribution in [3.8, 4) is 0 Å². The summed E-state index contributed by atoms with van der Waals surface area (Å²) in [7, 11) is 2.10. The molecule has 194 valence electrons. The highest BCUT2D eigenvalue weighted by molar-refractivity contribution is 5.99. The van der Waals surface area contributed by atoms with Crippen molar-refractivity contribution < 1.29 is 14.2 Å². The second kappa shape index (κ2) is 8.80. The van der Waals surface area contributed by atoms with Crippen LogP contribution >= 0.6 is 0 Å². The van der Waals surface area contributed by atoms with Gasteiger partial charge in [0.15, 0.2) is 24.1 Å². The summed E-state index contributed by atoms with van der Waals surface area (Å²) in [6, 6.07) is 30.4. The van der Waals surface area contributed by atoms with Crippen LogP contribution < -0.4 is 9.47 Å². The van der Waals surface area contributed by atoms with E-state index in [4.69, 9.17) is 0 Å². The summed E-state index contributed by atoms with van der Waals surface area (Å²) in [5.74, 6) is 0.137. The fraction of sp³-hybridized carbons (Fsp3) is 0.242. The number of likely N-dealkylation sites (N-methyl/N-ethyl adjacent to an activating group) is 1. The number of hydrogen-bond acceptors (Lipinski definition) is 3. The van der Waals surface area contributed by atoms with Gasteiger partial charge in [0.25, 0.3) is 5.91 Å². The lowest BCUT2D eigenvalue weighted by molar-refractivity contribution is -0.657. The van der Waals surface area contributed by atoms with Crippen molar-refractivity contribution in [2.24, 2.45) is 0 Å². The predicted octanol–water partition coefficient (Wildman–Crippen LogP) is 4.93. The van der Waals surface area contributed by atoms with Gasteiger partial charge in [-0.3, -0.25) is 9.59 Å². The molecule has 1 fully saturated rings. The van der Waals surface area contributed by atoms with Crippen LogP contribution in [0.5, 0.6) is 0 Å². The molecule has 6 heteroatoms. The third kappa shape index (κ3) is 3.66. The Labute approximate surface area is 227 Å². The molecule has 4 aromatic carbocycles. The molecule has 2 aliphatic rings. The molecule has 1 amide bonds. The lowest BCUT2D eigenvalue weighted by atomic mass is 9.81. The maximum atomic E-state index is 13.8. The number of aromatic nitrogens is 2. The average Bonchev–Trinajstić information content (AvgIpc) is 3.57. The van der Waals surface area contributed by atoms with Crippen molar-refractivity contribution in [2.45, 2.75) is 38.0 Å². The zero-order valence-corrected chi connectivity index (χ0v) is 22.2. The molecule has 0 spiro atoms. The second-order valence-corrected chi connectivity index (χ2v) is 11.1. The van der Waals surface area contributed by atoms with E-state index in [1.165, 1.54) is 11.3 Å². The largest absolute Gasteiger partial charge is 0.353 e. The summed E-state index contributed by atoms with van der Waals surface area (Å²) in [6.07, 6.45) is 2.87. The van der Waals surface area contributed by atoms with Crippen LogP contribution in [-0.2, 0) is 23.3 Å². The molecule has 2 atom stereocenters. The van der Waals surface area contributed by atoms with Gasteiger partial charge in [-0.05, 0) is 47.0 Å². The Kier molecular flexibility index (Phi) is 5.34. The zero-order chi connectivity index (χ0) is 26.7. The molecule has 0 bridgehead atoms. The molecule has 6 nitrogen and oxygen atoms in total. The minimum atomic E-state index is -0.0774. The van der Waals surface area contributed by atoms with Crippen molar-refractivity contribution in [2.75, 3.05) is 18.5 Å². The zero-order valence-electron chi connectivity index (χ0n) is 22.2. The van der Waals surface area contributed by atoms with Gasteiger partial charge >= 0.3 is 0 Å². The Balaban J connectivity index is 1.16. The van der Waals surface area contributed by atoms with Crippen LogP contribution in [0.1, 0.15) is 29.3 Å². The molecular formula is C33H31N4O2+. The van der Waals surface area contributed by atoms with E-state index in [9.17, 15) is 9.59 Å². The van der Waals surface area contributed by atoms with E-state index < -0.39 is 0 Å². The number of para-hydroxylation sites is 3. The third-order valence-electron chi connectivity index (χ3n) is 8.79. The maximum absolute atomic E-state index is 13.8. The molecule has 1 aromatic heterocycles. The smallest absolute Gasteiger partial charge is 0.266 e. The summed E-state index contributed by atoms with van der Waals surface area (Å²) >= 11 is 0. The number of fused-ring (bicyclic) bond motifs is 5. The van der Waals surface area contributed by atoms with E-state index in [1.807, 2.05) is 87.1 Å². The van der Waals surface area contributed by atoms with Gasteiger partial charge in [0.2, 0.25) is 12.1 Å². The molecule has 0 N–H and O–H groups in total. The van der Waals surface area contributed by atoms with Crippen LogP contribution in [0.25, 0.3) is 21.8 Å². The Bertz CT molecular complexity index is 1770. The highest BCUT2D eigenvalue weighted by Crippen LogP contribution is 2.51. The first-order valence-corrected chi connectivity index (χ1v) is 13.6. The number of likely N-dealkylation sites (tertiary alicyclic amines) is 1. The first-order valence-electron chi connectivity index (χ1n) is 13.6. The fourth-order valence-electron chi connectivity index (χ4n) is 6.86. The molecule has 0 aliphatic carbocycles. The molecule has 1 saturated heterocycles. The fourth-order valence-corrected chi connectivity index (χ4v) is 6.86. The van der Waals surface area contributed by atoms with Gasteiger partial charge in [-0.15, -0.1) is 0 Å². The topological polar surface area (TPSA) is 49.4 Å². The number of carbonyl (C=O) groups is 2. The summed E-state index contributed by atoms with van der Waals surface area (Å²) in [5, 5.41) is 2.17. The van der Waals surface area contributed by atoms with Gasteiger partial charge in [0.1, 0.15) is 6.17 Å². The Morgan fingerprint density at radius 1 is 0.923 bits per heavy atom. The number of rotatable bonds is 5. The van der Waals surface area contributed by atoms with E-state index in [-0.39, 0.29) is 36.4 Å². The first kappa shape index (κ1) is 23.7. The number of Topliss-reactive ketones (excluding diaryl/α,β-unsaturated/α-hetero) is 1. The maximum Gasteiger partial charge on any atom is 0.266 e. The molecule has 7 rings (SSSR count). The quantitative estimate of drug-likeness (QED) is 0.246. The van der Waals surface area contributed by atoms with Crippen molar-refractivity contribution in [3.63, 3.8) is 0 Å². The predicted molar refractivity (Wildman–Crippen MR) is 153 cm³/mol. The van der Waals surface area contributed by atoms with Gasteiger partial charge in [-0.2, -0.15) is 0 Å². The molecule has 3 heterocycles. The van der Waals surface area contributed by atoms with Crippen LogP contribution in [0.3, 0.4) is 0 Å². The lowest BCUT2D eigenvalue weighted by Gasteiger charge is -2.34. The highest BCUT2D eigenvalue weighted by atomic mass is 16.2. The number of nitrogens with zero attached hydrogens (tertiary/aromatic N) is 4. The first-order chi connectivity index (χ1) is 18.9. The monoisotopic (exact) mass is 515 g/mol. The average molecular weight is 516 g/mol. The summed E-state index contributed by atoms with van der Waals surface area (Å²) < 4.78 is 3.95. The van der Waals surface area contributed by atoms with E-state index in [1.54, 1.807) is 0 Å². The standard InChI is InChI=1S/C33H31N4O2/c1-33-17-18-37(32(33)34(2)27-12-6-5-11-26(27)33)31(39)21-36-22-35(28-13-7-8-14-29(28)36)20-30(38)25-16-15-23-9-3-4-10-24(23)19-25/h3-16,19,22,32H,17-18,20-21H2,1-2H3/q+1. The summed E-state index contributed by atoms with van der Waals surface area (Å²) in [6.45, 7) is 3.46. The van der Waals surface area contributed by atoms with Crippen LogP contribution in [-0.4, -0.2) is 40.9 Å². The van der Waals surface area contributed by atoms with Crippen molar-refractivity contribution in [1.82, 2.24) is 9.47 Å². The number of anilines is 1. The van der Waals surface area contributed by atoms with E-state index in [2.05, 4.69) is 43.1 Å². The molecule has 5 aromatic rings.